The maximum absolute atomic E-state index is 13.6. The molecule has 3 aromatic rings. The van der Waals surface area contributed by atoms with E-state index in [4.69, 9.17) is 21.1 Å². The van der Waals surface area contributed by atoms with Crippen LogP contribution in [0.5, 0.6) is 5.75 Å². The minimum Gasteiger partial charge on any atom is -0.491 e. The number of halogens is 3. The number of aromatic nitrogens is 2. The van der Waals surface area contributed by atoms with Crippen molar-refractivity contribution >= 4 is 61.5 Å². The summed E-state index contributed by atoms with van der Waals surface area (Å²) < 4.78 is 25.2. The van der Waals surface area contributed by atoms with Crippen LogP contribution in [0.4, 0.5) is 21.6 Å². The third-order valence-electron chi connectivity index (χ3n) is 6.10. The lowest BCUT2D eigenvalue weighted by Gasteiger charge is -2.15. The smallest absolute Gasteiger partial charge is 0.248 e. The largest absolute Gasteiger partial charge is 0.491 e. The second-order valence-electron chi connectivity index (χ2n) is 8.23. The molecule has 2 N–H and O–H groups in total. The van der Waals surface area contributed by atoms with E-state index in [0.29, 0.717) is 63.5 Å². The van der Waals surface area contributed by atoms with Crippen molar-refractivity contribution in [2.75, 3.05) is 35.8 Å². The predicted octanol–water partition coefficient (Wildman–Crippen LogP) is 5.33. The van der Waals surface area contributed by atoms with Crippen molar-refractivity contribution in [3.63, 3.8) is 0 Å². The Bertz CT molecular complexity index is 1260. The number of amides is 1. The van der Waals surface area contributed by atoms with Crippen LogP contribution in [-0.4, -0.2) is 41.0 Å². The van der Waals surface area contributed by atoms with Crippen molar-refractivity contribution in [1.82, 2.24) is 9.97 Å². The molecule has 0 radical (unpaired) electrons. The van der Waals surface area contributed by atoms with Gasteiger partial charge in [-0.15, -0.1) is 0 Å². The SMILES string of the molecule is O=C(C=CCBr)Nc1cc2c(Nc3ccc(F)c(Cl)c3)ncnc2cc1OCC1C2COC[C@@H]21. The second kappa shape index (κ2) is 9.85. The quantitative estimate of drug-likeness (QED) is 0.293. The number of alkyl halides is 1. The number of carbonyl (C=O) groups excluding carboxylic acids is 1. The van der Waals surface area contributed by atoms with Crippen molar-refractivity contribution in [1.29, 1.82) is 0 Å². The molecular weight excluding hydrogens is 527 g/mol. The van der Waals surface area contributed by atoms with Crippen molar-refractivity contribution in [2.24, 2.45) is 17.8 Å². The third-order valence-corrected chi connectivity index (χ3v) is 6.76. The molecule has 2 heterocycles. The first-order valence-corrected chi connectivity index (χ1v) is 12.3. The summed E-state index contributed by atoms with van der Waals surface area (Å²) in [6, 6.07) is 7.89. The molecule has 176 valence electrons. The number of rotatable bonds is 8. The molecule has 1 aliphatic heterocycles. The van der Waals surface area contributed by atoms with E-state index < -0.39 is 5.82 Å². The second-order valence-corrected chi connectivity index (χ2v) is 9.28. The van der Waals surface area contributed by atoms with Crippen LogP contribution in [0.1, 0.15) is 0 Å². The lowest BCUT2D eigenvalue weighted by Crippen LogP contribution is -2.12. The van der Waals surface area contributed by atoms with Crippen molar-refractivity contribution in [3.05, 3.63) is 59.7 Å². The lowest BCUT2D eigenvalue weighted by atomic mass is 10.1. The fraction of sp³-hybridized carbons (Fsp3) is 0.292. The van der Waals surface area contributed by atoms with Gasteiger partial charge in [0.2, 0.25) is 5.91 Å². The molecule has 1 aliphatic carbocycles. The van der Waals surface area contributed by atoms with Gasteiger partial charge in [-0.1, -0.05) is 33.6 Å². The topological polar surface area (TPSA) is 85.4 Å². The highest BCUT2D eigenvalue weighted by atomic mass is 79.9. The predicted molar refractivity (Wildman–Crippen MR) is 133 cm³/mol. The number of fused-ring (bicyclic) bond motifs is 2. The Morgan fingerprint density at radius 3 is 2.85 bits per heavy atom. The number of nitrogens with one attached hydrogen (secondary N) is 2. The molecular formula is C24H21BrClFN4O3. The standard InChI is InChI=1S/C24H21BrClFN4O3/c25-5-1-2-23(32)31-21-7-14-20(8-22(21)34-11-17-15-9-33-10-16(15)17)28-12-29-24(14)30-13-3-4-19(27)18(26)6-13/h1-4,6-8,12,15-17H,5,9-11H2,(H,31,32)(H,28,29,30)/t15-,16?,17?/m0/s1. The zero-order chi connectivity index (χ0) is 23.7. The van der Waals surface area contributed by atoms with E-state index in [2.05, 4.69) is 36.5 Å². The van der Waals surface area contributed by atoms with Gasteiger partial charge in [0.1, 0.15) is 23.7 Å². The first kappa shape index (κ1) is 23.0. The summed E-state index contributed by atoms with van der Waals surface area (Å²) in [4.78, 5) is 21.1. The molecule has 1 amide bonds. The van der Waals surface area contributed by atoms with E-state index in [0.717, 1.165) is 13.2 Å². The van der Waals surface area contributed by atoms with Crippen LogP contribution >= 0.6 is 27.5 Å². The van der Waals surface area contributed by atoms with Gasteiger partial charge in [-0.05, 0) is 36.1 Å². The van der Waals surface area contributed by atoms with E-state index >= 15 is 0 Å². The molecule has 1 saturated carbocycles. The van der Waals surface area contributed by atoms with Crippen LogP contribution in [0.3, 0.4) is 0 Å². The van der Waals surface area contributed by atoms with Gasteiger partial charge in [0.25, 0.3) is 0 Å². The fourth-order valence-corrected chi connectivity index (χ4v) is 4.60. The number of anilines is 3. The Balaban J connectivity index is 1.46. The number of allylic oxidation sites excluding steroid dienone is 1. The average Bonchev–Trinajstić information content (AvgIpc) is 3.24. The van der Waals surface area contributed by atoms with Gasteiger partial charge >= 0.3 is 0 Å². The number of ether oxygens (including phenoxy) is 2. The Labute approximate surface area is 208 Å². The van der Waals surface area contributed by atoms with Gasteiger partial charge in [-0.3, -0.25) is 4.79 Å². The molecule has 34 heavy (non-hydrogen) atoms. The first-order valence-electron chi connectivity index (χ1n) is 10.8. The molecule has 0 bridgehead atoms. The van der Waals surface area contributed by atoms with Gasteiger partial charge < -0.3 is 20.1 Å². The van der Waals surface area contributed by atoms with Crippen LogP contribution in [0, 0.1) is 23.6 Å². The van der Waals surface area contributed by atoms with Gasteiger partial charge in [-0.2, -0.15) is 0 Å². The lowest BCUT2D eigenvalue weighted by molar-refractivity contribution is -0.111. The summed E-state index contributed by atoms with van der Waals surface area (Å²) in [5.74, 6) is 1.81. The number of nitrogens with zero attached hydrogens (tertiary/aromatic N) is 2. The highest BCUT2D eigenvalue weighted by Crippen LogP contribution is 2.51. The van der Waals surface area contributed by atoms with Crippen LogP contribution in [0.15, 0.2) is 48.8 Å². The highest BCUT2D eigenvalue weighted by molar-refractivity contribution is 9.09. The minimum absolute atomic E-state index is 0.000761. The normalized spacial score (nSPS) is 21.0. The Morgan fingerprint density at radius 2 is 2.09 bits per heavy atom. The number of carbonyl (C=O) groups is 1. The summed E-state index contributed by atoms with van der Waals surface area (Å²) >= 11 is 9.19. The van der Waals surface area contributed by atoms with Crippen LogP contribution in [0.25, 0.3) is 10.9 Å². The molecule has 1 aromatic heterocycles. The molecule has 0 spiro atoms. The molecule has 2 aliphatic rings. The molecule has 5 rings (SSSR count). The molecule has 2 unspecified atom stereocenters. The average molecular weight is 548 g/mol. The van der Waals surface area contributed by atoms with Crippen molar-refractivity contribution in [3.8, 4) is 5.75 Å². The van der Waals surface area contributed by atoms with Crippen LogP contribution < -0.4 is 15.4 Å². The summed E-state index contributed by atoms with van der Waals surface area (Å²) in [7, 11) is 0. The fourth-order valence-electron chi connectivity index (χ4n) is 4.23. The van der Waals surface area contributed by atoms with Gasteiger partial charge in [-0.25, -0.2) is 14.4 Å². The zero-order valence-corrected chi connectivity index (χ0v) is 20.3. The van der Waals surface area contributed by atoms with E-state index in [9.17, 15) is 9.18 Å². The van der Waals surface area contributed by atoms with Gasteiger partial charge in [0, 0.05) is 34.5 Å². The summed E-state index contributed by atoms with van der Waals surface area (Å²) in [5.41, 5.74) is 1.71. The van der Waals surface area contributed by atoms with E-state index in [1.165, 1.54) is 24.5 Å². The minimum atomic E-state index is -0.505. The van der Waals surface area contributed by atoms with Gasteiger partial charge in [0.05, 0.1) is 36.0 Å². The zero-order valence-electron chi connectivity index (χ0n) is 17.9. The van der Waals surface area contributed by atoms with Crippen molar-refractivity contribution < 1.29 is 18.7 Å². The Hall–Kier alpha value is -2.75. The van der Waals surface area contributed by atoms with Gasteiger partial charge in [0.15, 0.2) is 0 Å². The maximum Gasteiger partial charge on any atom is 0.248 e. The van der Waals surface area contributed by atoms with E-state index in [1.54, 1.807) is 24.3 Å². The first-order chi connectivity index (χ1) is 16.5. The molecule has 10 heteroatoms. The van der Waals surface area contributed by atoms with E-state index in [1.807, 2.05) is 0 Å². The van der Waals surface area contributed by atoms with Crippen LogP contribution in [0.2, 0.25) is 5.02 Å². The molecule has 2 aromatic carbocycles. The molecule has 1 saturated heterocycles. The van der Waals surface area contributed by atoms with Crippen LogP contribution in [-0.2, 0) is 9.53 Å². The summed E-state index contributed by atoms with van der Waals surface area (Å²) in [5, 5.41) is 7.26. The maximum atomic E-state index is 13.6. The highest BCUT2D eigenvalue weighted by Gasteiger charge is 2.54. The summed E-state index contributed by atoms with van der Waals surface area (Å²) in [6.45, 7) is 2.12. The molecule has 2 fully saturated rings. The number of benzene rings is 2. The number of hydrogen-bond donors (Lipinski definition) is 2. The number of hydrogen-bond acceptors (Lipinski definition) is 6. The third kappa shape index (κ3) is 4.87. The molecule has 7 nitrogen and oxygen atoms in total. The monoisotopic (exact) mass is 546 g/mol. The van der Waals surface area contributed by atoms with E-state index in [-0.39, 0.29) is 10.9 Å². The Kier molecular flexibility index (Phi) is 6.67. The van der Waals surface area contributed by atoms with Crippen molar-refractivity contribution in [2.45, 2.75) is 0 Å². The Morgan fingerprint density at radius 1 is 1.26 bits per heavy atom. The molecule has 3 atom stereocenters. The summed E-state index contributed by atoms with van der Waals surface area (Å²) in [6.07, 6.45) is 4.59.